The Bertz CT molecular complexity index is 467. The number of nitrogen functional groups attached to an aromatic ring is 1. The minimum Gasteiger partial charge on any atom is -0.397 e. The lowest BCUT2D eigenvalue weighted by molar-refractivity contribution is -0.126. The molecule has 1 fully saturated rings. The molecular formula is C14H19ClN2O. The number of rotatable bonds is 2. The molecule has 0 aromatic heterocycles. The van der Waals surface area contributed by atoms with Gasteiger partial charge in [-0.05, 0) is 31.0 Å². The minimum absolute atomic E-state index is 0.133. The Morgan fingerprint density at radius 2 is 2.00 bits per heavy atom. The zero-order valence-corrected chi connectivity index (χ0v) is 11.6. The van der Waals surface area contributed by atoms with Gasteiger partial charge in [0.2, 0.25) is 5.91 Å². The molecule has 2 N–H and O–H groups in total. The molecule has 1 aliphatic carbocycles. The summed E-state index contributed by atoms with van der Waals surface area (Å²) in [5.74, 6) is 0.133. The molecule has 1 aromatic carbocycles. The molecule has 3 nitrogen and oxygen atoms in total. The molecule has 0 heterocycles. The van der Waals surface area contributed by atoms with E-state index in [1.807, 2.05) is 6.92 Å². The molecule has 4 heteroatoms. The van der Waals surface area contributed by atoms with Crippen LogP contribution in [0.15, 0.2) is 18.2 Å². The third-order valence-corrected chi connectivity index (χ3v) is 4.12. The minimum atomic E-state index is -0.247. The highest BCUT2D eigenvalue weighted by Crippen LogP contribution is 2.40. The van der Waals surface area contributed by atoms with Crippen LogP contribution in [-0.2, 0) is 4.79 Å². The van der Waals surface area contributed by atoms with Gasteiger partial charge >= 0.3 is 0 Å². The second-order valence-corrected chi connectivity index (χ2v) is 5.77. The Kier molecular flexibility index (Phi) is 3.53. The quantitative estimate of drug-likeness (QED) is 0.833. The first-order valence-corrected chi connectivity index (χ1v) is 6.65. The van der Waals surface area contributed by atoms with E-state index < -0.39 is 0 Å². The first-order chi connectivity index (χ1) is 8.44. The molecule has 1 saturated carbocycles. The number of carbonyl (C=O) groups is 1. The van der Waals surface area contributed by atoms with Gasteiger partial charge in [-0.1, -0.05) is 31.4 Å². The fourth-order valence-corrected chi connectivity index (χ4v) is 2.86. The fraction of sp³-hybridized carbons (Fsp3) is 0.500. The van der Waals surface area contributed by atoms with Gasteiger partial charge in [0, 0.05) is 17.5 Å². The molecule has 1 aliphatic rings. The number of carbonyl (C=O) groups excluding carboxylic acids is 1. The van der Waals surface area contributed by atoms with Crippen LogP contribution in [0.4, 0.5) is 11.4 Å². The van der Waals surface area contributed by atoms with Crippen LogP contribution in [0, 0.1) is 5.41 Å². The van der Waals surface area contributed by atoms with Gasteiger partial charge in [0.05, 0.1) is 11.4 Å². The van der Waals surface area contributed by atoms with E-state index in [-0.39, 0.29) is 11.3 Å². The number of nitrogens with two attached hydrogens (primary N) is 1. The molecule has 0 atom stereocenters. The Morgan fingerprint density at radius 1 is 1.39 bits per heavy atom. The van der Waals surface area contributed by atoms with E-state index in [0.29, 0.717) is 16.4 Å². The SMILES string of the molecule is CN(C(=O)C1(C)CCCC1)c1cc(Cl)ccc1N. The van der Waals surface area contributed by atoms with Crippen molar-refractivity contribution in [3.05, 3.63) is 23.2 Å². The van der Waals surface area contributed by atoms with E-state index in [2.05, 4.69) is 0 Å². The van der Waals surface area contributed by atoms with E-state index in [1.165, 1.54) is 0 Å². The van der Waals surface area contributed by atoms with Gasteiger partial charge in [-0.15, -0.1) is 0 Å². The van der Waals surface area contributed by atoms with E-state index in [4.69, 9.17) is 17.3 Å². The highest BCUT2D eigenvalue weighted by atomic mass is 35.5. The molecule has 18 heavy (non-hydrogen) atoms. The number of halogens is 1. The van der Waals surface area contributed by atoms with Crippen LogP contribution in [0.5, 0.6) is 0 Å². The van der Waals surface area contributed by atoms with Crippen molar-refractivity contribution in [2.45, 2.75) is 32.6 Å². The molecule has 0 bridgehead atoms. The summed E-state index contributed by atoms with van der Waals surface area (Å²) in [6.07, 6.45) is 4.16. The topological polar surface area (TPSA) is 46.3 Å². The Balaban J connectivity index is 2.28. The molecule has 0 aliphatic heterocycles. The number of hydrogen-bond acceptors (Lipinski definition) is 2. The molecule has 1 amide bonds. The number of amides is 1. The second kappa shape index (κ2) is 4.81. The molecular weight excluding hydrogens is 248 g/mol. The van der Waals surface area contributed by atoms with Crippen LogP contribution in [0.1, 0.15) is 32.6 Å². The van der Waals surface area contributed by atoms with Crippen molar-refractivity contribution in [2.24, 2.45) is 5.41 Å². The van der Waals surface area contributed by atoms with Gasteiger partial charge in [0.15, 0.2) is 0 Å². The maximum atomic E-state index is 12.6. The van der Waals surface area contributed by atoms with Crippen molar-refractivity contribution in [1.29, 1.82) is 0 Å². The standard InChI is InChI=1S/C14H19ClN2O/c1-14(7-3-4-8-14)13(18)17(2)12-9-10(15)5-6-11(12)16/h5-6,9H,3-4,7-8,16H2,1-2H3. The third kappa shape index (κ3) is 2.32. The smallest absolute Gasteiger partial charge is 0.232 e. The average molecular weight is 267 g/mol. The van der Waals surface area contributed by atoms with Crippen molar-refractivity contribution in [1.82, 2.24) is 0 Å². The highest BCUT2D eigenvalue weighted by molar-refractivity contribution is 6.31. The fourth-order valence-electron chi connectivity index (χ4n) is 2.69. The Morgan fingerprint density at radius 3 is 2.61 bits per heavy atom. The maximum Gasteiger partial charge on any atom is 0.232 e. The van der Waals surface area contributed by atoms with Crippen LogP contribution >= 0.6 is 11.6 Å². The van der Waals surface area contributed by atoms with Gasteiger partial charge in [-0.2, -0.15) is 0 Å². The first-order valence-electron chi connectivity index (χ1n) is 6.27. The van der Waals surface area contributed by atoms with E-state index in [0.717, 1.165) is 25.7 Å². The van der Waals surface area contributed by atoms with Crippen LogP contribution < -0.4 is 10.6 Å². The predicted molar refractivity (Wildman–Crippen MR) is 75.8 cm³/mol. The molecule has 98 valence electrons. The van der Waals surface area contributed by atoms with Crippen LogP contribution in [0.2, 0.25) is 5.02 Å². The van der Waals surface area contributed by atoms with Gasteiger partial charge in [-0.3, -0.25) is 4.79 Å². The van der Waals surface area contributed by atoms with E-state index in [9.17, 15) is 4.79 Å². The summed E-state index contributed by atoms with van der Waals surface area (Å²) < 4.78 is 0. The molecule has 0 unspecified atom stereocenters. The van der Waals surface area contributed by atoms with Gasteiger partial charge in [-0.25, -0.2) is 0 Å². The van der Waals surface area contributed by atoms with Crippen molar-refractivity contribution in [3.8, 4) is 0 Å². The summed E-state index contributed by atoms with van der Waals surface area (Å²) in [5, 5.41) is 0.593. The zero-order valence-electron chi connectivity index (χ0n) is 10.9. The number of benzene rings is 1. The molecule has 1 aromatic rings. The van der Waals surface area contributed by atoms with E-state index >= 15 is 0 Å². The highest BCUT2D eigenvalue weighted by Gasteiger charge is 2.38. The van der Waals surface area contributed by atoms with Crippen LogP contribution in [0.3, 0.4) is 0 Å². The van der Waals surface area contributed by atoms with Crippen molar-refractivity contribution < 1.29 is 4.79 Å². The number of hydrogen-bond donors (Lipinski definition) is 1. The number of anilines is 2. The molecule has 0 radical (unpaired) electrons. The lowest BCUT2D eigenvalue weighted by Gasteiger charge is -2.29. The van der Waals surface area contributed by atoms with Crippen LogP contribution in [0.25, 0.3) is 0 Å². The molecule has 2 rings (SSSR count). The monoisotopic (exact) mass is 266 g/mol. The summed E-state index contributed by atoms with van der Waals surface area (Å²) in [4.78, 5) is 14.2. The zero-order chi connectivity index (χ0) is 13.3. The molecule has 0 saturated heterocycles. The van der Waals surface area contributed by atoms with E-state index in [1.54, 1.807) is 30.1 Å². The molecule has 0 spiro atoms. The summed E-state index contributed by atoms with van der Waals surface area (Å²) in [6.45, 7) is 2.04. The summed E-state index contributed by atoms with van der Waals surface area (Å²) in [7, 11) is 1.77. The van der Waals surface area contributed by atoms with Crippen molar-refractivity contribution >= 4 is 28.9 Å². The lowest BCUT2D eigenvalue weighted by Crippen LogP contribution is -2.39. The van der Waals surface area contributed by atoms with Crippen molar-refractivity contribution in [2.75, 3.05) is 17.7 Å². The average Bonchev–Trinajstić information content (AvgIpc) is 2.79. The predicted octanol–water partition coefficient (Wildman–Crippen LogP) is 3.47. The third-order valence-electron chi connectivity index (χ3n) is 3.88. The van der Waals surface area contributed by atoms with Gasteiger partial charge < -0.3 is 10.6 Å². The maximum absolute atomic E-state index is 12.6. The summed E-state index contributed by atoms with van der Waals surface area (Å²) >= 11 is 5.97. The first kappa shape index (κ1) is 13.2. The summed E-state index contributed by atoms with van der Waals surface area (Å²) in [5.41, 5.74) is 6.95. The Labute approximate surface area is 113 Å². The van der Waals surface area contributed by atoms with Gasteiger partial charge in [0.25, 0.3) is 0 Å². The van der Waals surface area contributed by atoms with Crippen molar-refractivity contribution in [3.63, 3.8) is 0 Å². The Hall–Kier alpha value is -1.22. The largest absolute Gasteiger partial charge is 0.397 e. The normalized spacial score (nSPS) is 17.7. The number of nitrogens with zero attached hydrogens (tertiary/aromatic N) is 1. The summed E-state index contributed by atoms with van der Waals surface area (Å²) in [6, 6.07) is 5.21. The lowest BCUT2D eigenvalue weighted by atomic mass is 9.87. The second-order valence-electron chi connectivity index (χ2n) is 5.34. The van der Waals surface area contributed by atoms with Crippen LogP contribution in [-0.4, -0.2) is 13.0 Å². The van der Waals surface area contributed by atoms with Gasteiger partial charge in [0.1, 0.15) is 0 Å².